The van der Waals surface area contributed by atoms with E-state index in [9.17, 15) is 4.79 Å². The molecule has 0 bridgehead atoms. The molecule has 1 aromatic carbocycles. The number of nitrogens with zero attached hydrogens (tertiary/aromatic N) is 2. The van der Waals surface area contributed by atoms with Crippen LogP contribution in [-0.4, -0.2) is 22.7 Å². The number of fused-ring (bicyclic) bond motifs is 1. The van der Waals surface area contributed by atoms with Crippen LogP contribution in [0.5, 0.6) is 5.75 Å². The molecular weight excluding hydrogens is 266 g/mol. The maximum Gasteiger partial charge on any atom is 0.412 e. The van der Waals surface area contributed by atoms with Crippen molar-refractivity contribution in [2.24, 2.45) is 0 Å². The molecule has 5 nitrogen and oxygen atoms in total. The van der Waals surface area contributed by atoms with Gasteiger partial charge in [0.15, 0.2) is 0 Å². The minimum atomic E-state index is -0.467. The first-order valence-corrected chi connectivity index (χ1v) is 6.63. The third-order valence-electron chi connectivity index (χ3n) is 3.26. The van der Waals surface area contributed by atoms with Gasteiger partial charge in [0.1, 0.15) is 5.75 Å². The third-order valence-corrected chi connectivity index (χ3v) is 3.26. The molecule has 3 rings (SSSR count). The molecule has 2 heterocycles. The molecule has 0 aliphatic rings. The van der Waals surface area contributed by atoms with Crippen LogP contribution in [0.4, 0.5) is 4.79 Å². The minimum Gasteiger partial charge on any atom is -0.410 e. The van der Waals surface area contributed by atoms with Crippen molar-refractivity contribution in [3.05, 3.63) is 60.6 Å². The molecule has 5 heteroatoms. The van der Waals surface area contributed by atoms with E-state index in [1.807, 2.05) is 36.5 Å². The topological polar surface area (TPSA) is 56.1 Å². The molecule has 0 aliphatic carbocycles. The lowest BCUT2D eigenvalue weighted by atomic mass is 10.2. The normalized spacial score (nSPS) is 10.5. The van der Waals surface area contributed by atoms with Gasteiger partial charge >= 0.3 is 6.09 Å². The van der Waals surface area contributed by atoms with Crippen LogP contribution in [-0.2, 0) is 6.54 Å². The Hall–Kier alpha value is -2.82. The number of carbonyl (C=O) groups is 1. The Morgan fingerprint density at radius 3 is 2.81 bits per heavy atom. The van der Waals surface area contributed by atoms with Gasteiger partial charge in [-0.15, -0.1) is 0 Å². The summed E-state index contributed by atoms with van der Waals surface area (Å²) < 4.78 is 7.28. The van der Waals surface area contributed by atoms with E-state index >= 15 is 0 Å². The second-order valence-electron chi connectivity index (χ2n) is 4.66. The standard InChI is InChI=1S/C16H15N3O2/c1-17-16(20)21-14-2-3-15-13(10-14)6-9-19(15)11-12-4-7-18-8-5-12/h2-10H,11H2,1H3,(H,17,20). The van der Waals surface area contributed by atoms with Crippen molar-refractivity contribution in [2.75, 3.05) is 7.05 Å². The van der Waals surface area contributed by atoms with Gasteiger partial charge in [0.25, 0.3) is 0 Å². The van der Waals surface area contributed by atoms with E-state index in [4.69, 9.17) is 4.74 Å². The van der Waals surface area contributed by atoms with Crippen molar-refractivity contribution in [3.8, 4) is 5.75 Å². The van der Waals surface area contributed by atoms with Crippen molar-refractivity contribution < 1.29 is 9.53 Å². The van der Waals surface area contributed by atoms with E-state index in [1.165, 1.54) is 12.6 Å². The van der Waals surface area contributed by atoms with E-state index in [0.717, 1.165) is 17.4 Å². The molecule has 0 radical (unpaired) electrons. The summed E-state index contributed by atoms with van der Waals surface area (Å²) in [6.07, 6.45) is 5.13. The highest BCUT2D eigenvalue weighted by Crippen LogP contribution is 2.23. The second-order valence-corrected chi connectivity index (χ2v) is 4.66. The second kappa shape index (κ2) is 5.66. The summed E-state index contributed by atoms with van der Waals surface area (Å²) in [7, 11) is 1.53. The molecule has 0 atom stereocenters. The van der Waals surface area contributed by atoms with Gasteiger partial charge < -0.3 is 14.6 Å². The lowest BCUT2D eigenvalue weighted by molar-refractivity contribution is 0.203. The summed E-state index contributed by atoms with van der Waals surface area (Å²) >= 11 is 0. The van der Waals surface area contributed by atoms with E-state index in [0.29, 0.717) is 5.75 Å². The number of aromatic nitrogens is 2. The molecule has 1 N–H and O–H groups in total. The average molecular weight is 281 g/mol. The van der Waals surface area contributed by atoms with Crippen molar-refractivity contribution in [1.82, 2.24) is 14.9 Å². The average Bonchev–Trinajstić information content (AvgIpc) is 2.90. The molecule has 2 aromatic heterocycles. The van der Waals surface area contributed by atoms with Crippen molar-refractivity contribution in [1.29, 1.82) is 0 Å². The summed E-state index contributed by atoms with van der Waals surface area (Å²) in [5.41, 5.74) is 2.28. The number of hydrogen-bond acceptors (Lipinski definition) is 3. The lowest BCUT2D eigenvalue weighted by Crippen LogP contribution is -2.21. The number of nitrogens with one attached hydrogen (secondary N) is 1. The minimum absolute atomic E-state index is 0.467. The molecule has 3 aromatic rings. The van der Waals surface area contributed by atoms with E-state index in [2.05, 4.69) is 14.9 Å². The van der Waals surface area contributed by atoms with Gasteiger partial charge in [-0.05, 0) is 42.0 Å². The zero-order chi connectivity index (χ0) is 14.7. The van der Waals surface area contributed by atoms with Gasteiger partial charge in [-0.2, -0.15) is 0 Å². The van der Waals surface area contributed by atoms with Gasteiger partial charge in [-0.1, -0.05) is 0 Å². The lowest BCUT2D eigenvalue weighted by Gasteiger charge is -2.07. The fourth-order valence-electron chi connectivity index (χ4n) is 2.22. The number of amides is 1. The van der Waals surface area contributed by atoms with E-state index in [1.54, 1.807) is 18.5 Å². The van der Waals surface area contributed by atoms with Gasteiger partial charge in [0.05, 0.1) is 0 Å². The van der Waals surface area contributed by atoms with Crippen molar-refractivity contribution >= 4 is 17.0 Å². The molecule has 0 saturated carbocycles. The van der Waals surface area contributed by atoms with Crippen LogP contribution in [0.15, 0.2) is 55.0 Å². The number of hydrogen-bond donors (Lipinski definition) is 1. The Balaban J connectivity index is 1.87. The summed E-state index contributed by atoms with van der Waals surface area (Å²) in [5, 5.41) is 3.46. The highest BCUT2D eigenvalue weighted by Gasteiger charge is 2.06. The van der Waals surface area contributed by atoms with Crippen LogP contribution in [0.25, 0.3) is 10.9 Å². The van der Waals surface area contributed by atoms with Crippen LogP contribution in [0.2, 0.25) is 0 Å². The summed E-state index contributed by atoms with van der Waals surface area (Å²) in [6.45, 7) is 0.779. The largest absolute Gasteiger partial charge is 0.412 e. The number of carbonyl (C=O) groups excluding carboxylic acids is 1. The highest BCUT2D eigenvalue weighted by molar-refractivity contribution is 5.82. The fraction of sp³-hybridized carbons (Fsp3) is 0.125. The quantitative estimate of drug-likeness (QED) is 0.803. The molecule has 0 spiro atoms. The van der Waals surface area contributed by atoms with Crippen LogP contribution >= 0.6 is 0 Å². The molecule has 0 unspecified atom stereocenters. The maximum absolute atomic E-state index is 11.2. The van der Waals surface area contributed by atoms with Gasteiger partial charge in [0.2, 0.25) is 0 Å². The number of rotatable bonds is 3. The number of ether oxygens (including phenoxy) is 1. The Bertz CT molecular complexity index is 766. The van der Waals surface area contributed by atoms with E-state index in [-0.39, 0.29) is 0 Å². The highest BCUT2D eigenvalue weighted by atomic mass is 16.5. The first-order valence-electron chi connectivity index (χ1n) is 6.63. The Labute approximate surface area is 122 Å². The molecular formula is C16H15N3O2. The van der Waals surface area contributed by atoms with Crippen molar-refractivity contribution in [3.63, 3.8) is 0 Å². The van der Waals surface area contributed by atoms with Gasteiger partial charge in [-0.3, -0.25) is 4.98 Å². The molecule has 1 amide bonds. The first-order chi connectivity index (χ1) is 10.3. The van der Waals surface area contributed by atoms with Crippen LogP contribution in [0.3, 0.4) is 0 Å². The predicted molar refractivity (Wildman–Crippen MR) is 80.4 cm³/mol. The Morgan fingerprint density at radius 1 is 1.24 bits per heavy atom. The van der Waals surface area contributed by atoms with Crippen LogP contribution < -0.4 is 10.1 Å². The summed E-state index contributed by atoms with van der Waals surface area (Å²) in [6, 6.07) is 11.6. The van der Waals surface area contributed by atoms with Crippen LogP contribution in [0, 0.1) is 0 Å². The SMILES string of the molecule is CNC(=O)Oc1ccc2c(ccn2Cc2ccncc2)c1. The summed E-state index contributed by atoms with van der Waals surface area (Å²) in [4.78, 5) is 15.2. The fourth-order valence-corrected chi connectivity index (χ4v) is 2.22. The molecule has 106 valence electrons. The molecule has 0 saturated heterocycles. The number of pyridine rings is 1. The van der Waals surface area contributed by atoms with Gasteiger partial charge in [0, 0.05) is 43.1 Å². The van der Waals surface area contributed by atoms with E-state index < -0.39 is 6.09 Å². The molecule has 21 heavy (non-hydrogen) atoms. The third kappa shape index (κ3) is 2.86. The zero-order valence-electron chi connectivity index (χ0n) is 11.6. The zero-order valence-corrected chi connectivity index (χ0v) is 11.6. The van der Waals surface area contributed by atoms with Gasteiger partial charge in [-0.25, -0.2) is 4.79 Å². The molecule has 0 aliphatic heterocycles. The monoisotopic (exact) mass is 281 g/mol. The maximum atomic E-state index is 11.2. The van der Waals surface area contributed by atoms with Crippen molar-refractivity contribution in [2.45, 2.75) is 6.54 Å². The first kappa shape index (κ1) is 13.2. The predicted octanol–water partition coefficient (Wildman–Crippen LogP) is 2.80. The smallest absolute Gasteiger partial charge is 0.410 e. The number of benzene rings is 1. The molecule has 0 fully saturated rings. The Morgan fingerprint density at radius 2 is 2.05 bits per heavy atom. The van der Waals surface area contributed by atoms with Crippen LogP contribution in [0.1, 0.15) is 5.56 Å². The Kier molecular flexibility index (Phi) is 3.55. The summed E-state index contributed by atoms with van der Waals surface area (Å²) in [5.74, 6) is 0.531.